The molecule has 1 aromatic heterocycles. The first-order chi connectivity index (χ1) is 8.61. The third-order valence-electron chi connectivity index (χ3n) is 2.53. The van der Waals surface area contributed by atoms with Gasteiger partial charge in [-0.05, 0) is 36.7 Å². The molecule has 2 aromatic rings. The zero-order valence-electron chi connectivity index (χ0n) is 9.64. The van der Waals surface area contributed by atoms with E-state index < -0.39 is 5.91 Å². The van der Waals surface area contributed by atoms with Crippen LogP contribution in [-0.2, 0) is 6.42 Å². The summed E-state index contributed by atoms with van der Waals surface area (Å²) in [5.74, 6) is -0.565. The molecule has 94 valence electrons. The van der Waals surface area contributed by atoms with Crippen molar-refractivity contribution in [2.75, 3.05) is 6.54 Å². The molecule has 0 aliphatic carbocycles. The summed E-state index contributed by atoms with van der Waals surface area (Å²) < 4.78 is 1.52. The minimum atomic E-state index is -0.565. The highest BCUT2D eigenvalue weighted by atomic mass is 35.5. The first-order valence-corrected chi connectivity index (χ1v) is 5.84. The predicted molar refractivity (Wildman–Crippen MR) is 69.9 cm³/mol. The van der Waals surface area contributed by atoms with Crippen LogP contribution < -0.4 is 11.5 Å². The van der Waals surface area contributed by atoms with Gasteiger partial charge in [-0.3, -0.25) is 4.79 Å². The molecule has 4 N–H and O–H groups in total. The first-order valence-electron chi connectivity index (χ1n) is 5.46. The Labute approximate surface area is 109 Å². The van der Waals surface area contributed by atoms with Crippen LogP contribution in [0.1, 0.15) is 16.1 Å². The molecule has 0 aliphatic rings. The summed E-state index contributed by atoms with van der Waals surface area (Å²) in [6.07, 6.45) is 2.41. The van der Waals surface area contributed by atoms with Crippen molar-refractivity contribution in [3.63, 3.8) is 0 Å². The highest BCUT2D eigenvalue weighted by Gasteiger charge is 2.08. The summed E-state index contributed by atoms with van der Waals surface area (Å²) >= 11 is 6.17. The summed E-state index contributed by atoms with van der Waals surface area (Å²) in [6, 6.07) is 7.16. The number of aromatic nitrogens is 2. The second-order valence-corrected chi connectivity index (χ2v) is 4.24. The summed E-state index contributed by atoms with van der Waals surface area (Å²) in [4.78, 5) is 11.0. The molecular weight excluding hydrogens is 252 g/mol. The van der Waals surface area contributed by atoms with E-state index in [1.165, 1.54) is 4.68 Å². The third kappa shape index (κ3) is 2.52. The van der Waals surface area contributed by atoms with Gasteiger partial charge in [0.05, 0.1) is 10.7 Å². The number of halogens is 1. The number of carbonyl (C=O) groups is 1. The largest absolute Gasteiger partial charge is 0.364 e. The lowest BCUT2D eigenvalue weighted by Gasteiger charge is -2.06. The zero-order chi connectivity index (χ0) is 13.1. The Bertz CT molecular complexity index is 579. The number of amides is 1. The normalized spacial score (nSPS) is 10.6. The molecule has 1 amide bonds. The van der Waals surface area contributed by atoms with Crippen LogP contribution in [-0.4, -0.2) is 22.2 Å². The van der Waals surface area contributed by atoms with Gasteiger partial charge >= 0.3 is 0 Å². The summed E-state index contributed by atoms with van der Waals surface area (Å²) in [7, 11) is 0. The number of nitrogens with zero attached hydrogens (tertiary/aromatic N) is 2. The van der Waals surface area contributed by atoms with Gasteiger partial charge in [-0.1, -0.05) is 17.7 Å². The van der Waals surface area contributed by atoms with Crippen LogP contribution in [0.15, 0.2) is 30.5 Å². The van der Waals surface area contributed by atoms with E-state index >= 15 is 0 Å². The number of hydrogen-bond acceptors (Lipinski definition) is 3. The Balaban J connectivity index is 2.35. The van der Waals surface area contributed by atoms with Crippen LogP contribution >= 0.6 is 11.6 Å². The minimum Gasteiger partial charge on any atom is -0.364 e. The lowest BCUT2D eigenvalue weighted by Crippen LogP contribution is -2.12. The first kappa shape index (κ1) is 12.6. The van der Waals surface area contributed by atoms with Gasteiger partial charge in [-0.25, -0.2) is 4.68 Å². The monoisotopic (exact) mass is 264 g/mol. The van der Waals surface area contributed by atoms with Gasteiger partial charge < -0.3 is 11.5 Å². The van der Waals surface area contributed by atoms with E-state index in [9.17, 15) is 4.79 Å². The van der Waals surface area contributed by atoms with Crippen LogP contribution in [0, 0.1) is 0 Å². The van der Waals surface area contributed by atoms with E-state index in [-0.39, 0.29) is 5.69 Å². The lowest BCUT2D eigenvalue weighted by atomic mass is 10.1. The standard InChI is InChI=1S/C12H13ClN4O/c13-9-7-8(3-5-14)1-2-11(9)17-6-4-10(16-17)12(15)18/h1-2,4,6-7H,3,5,14H2,(H2,15,18). The van der Waals surface area contributed by atoms with Crippen LogP contribution in [0.4, 0.5) is 0 Å². The topological polar surface area (TPSA) is 86.9 Å². The molecule has 1 aromatic carbocycles. The summed E-state index contributed by atoms with van der Waals surface area (Å²) in [5.41, 5.74) is 12.6. The number of carbonyl (C=O) groups excluding carboxylic acids is 1. The quantitative estimate of drug-likeness (QED) is 0.868. The Kier molecular flexibility index (Phi) is 3.64. The zero-order valence-corrected chi connectivity index (χ0v) is 10.4. The molecule has 0 spiro atoms. The molecule has 0 saturated heterocycles. The second kappa shape index (κ2) is 5.20. The fourth-order valence-corrected chi connectivity index (χ4v) is 1.94. The van der Waals surface area contributed by atoms with E-state index in [4.69, 9.17) is 23.1 Å². The van der Waals surface area contributed by atoms with E-state index in [1.807, 2.05) is 18.2 Å². The molecule has 1 heterocycles. The highest BCUT2D eigenvalue weighted by Crippen LogP contribution is 2.21. The molecule has 2 rings (SSSR count). The molecule has 0 radical (unpaired) electrons. The minimum absolute atomic E-state index is 0.206. The molecule has 0 unspecified atom stereocenters. The van der Waals surface area contributed by atoms with Crippen molar-refractivity contribution in [1.29, 1.82) is 0 Å². The van der Waals surface area contributed by atoms with E-state index in [2.05, 4.69) is 5.10 Å². The van der Waals surface area contributed by atoms with Gasteiger partial charge in [0.15, 0.2) is 0 Å². The van der Waals surface area contributed by atoms with Crippen LogP contribution in [0.25, 0.3) is 5.69 Å². The van der Waals surface area contributed by atoms with Gasteiger partial charge in [0, 0.05) is 6.20 Å². The molecule has 0 bridgehead atoms. The van der Waals surface area contributed by atoms with Crippen molar-refractivity contribution in [3.05, 3.63) is 46.7 Å². The smallest absolute Gasteiger partial charge is 0.269 e. The van der Waals surface area contributed by atoms with Crippen molar-refractivity contribution in [2.24, 2.45) is 11.5 Å². The fourth-order valence-electron chi connectivity index (χ4n) is 1.65. The van der Waals surface area contributed by atoms with Gasteiger partial charge in [-0.2, -0.15) is 5.10 Å². The maximum atomic E-state index is 11.0. The molecule has 0 fully saturated rings. The van der Waals surface area contributed by atoms with Crippen molar-refractivity contribution in [3.8, 4) is 5.69 Å². The van der Waals surface area contributed by atoms with Crippen molar-refractivity contribution < 1.29 is 4.79 Å². The van der Waals surface area contributed by atoms with Crippen molar-refractivity contribution in [1.82, 2.24) is 9.78 Å². The van der Waals surface area contributed by atoms with Crippen molar-refractivity contribution in [2.45, 2.75) is 6.42 Å². The Morgan fingerprint density at radius 3 is 2.72 bits per heavy atom. The second-order valence-electron chi connectivity index (χ2n) is 3.83. The maximum Gasteiger partial charge on any atom is 0.269 e. The van der Waals surface area contributed by atoms with Crippen LogP contribution in [0.3, 0.4) is 0 Å². The van der Waals surface area contributed by atoms with Gasteiger partial charge in [0.2, 0.25) is 0 Å². The molecule has 18 heavy (non-hydrogen) atoms. The predicted octanol–water partition coefficient (Wildman–Crippen LogP) is 1.13. The van der Waals surface area contributed by atoms with E-state index in [0.29, 0.717) is 17.3 Å². The molecule has 0 aliphatic heterocycles. The molecule has 6 heteroatoms. The van der Waals surface area contributed by atoms with E-state index in [1.54, 1.807) is 12.3 Å². The average molecular weight is 265 g/mol. The summed E-state index contributed by atoms with van der Waals surface area (Å²) in [6.45, 7) is 0.573. The van der Waals surface area contributed by atoms with Crippen LogP contribution in [0.2, 0.25) is 5.02 Å². The number of hydrogen-bond donors (Lipinski definition) is 2. The molecular formula is C12H13ClN4O. The summed E-state index contributed by atoms with van der Waals surface area (Å²) in [5, 5.41) is 4.61. The Hall–Kier alpha value is -1.85. The van der Waals surface area contributed by atoms with Crippen molar-refractivity contribution >= 4 is 17.5 Å². The number of benzene rings is 1. The number of nitrogens with two attached hydrogens (primary N) is 2. The Morgan fingerprint density at radius 1 is 1.39 bits per heavy atom. The van der Waals surface area contributed by atoms with E-state index in [0.717, 1.165) is 12.0 Å². The lowest BCUT2D eigenvalue weighted by molar-refractivity contribution is 0.0995. The molecule has 5 nitrogen and oxygen atoms in total. The molecule has 0 atom stereocenters. The fraction of sp³-hybridized carbons (Fsp3) is 0.167. The average Bonchev–Trinajstić information content (AvgIpc) is 2.79. The Morgan fingerprint density at radius 2 is 2.17 bits per heavy atom. The van der Waals surface area contributed by atoms with Crippen LogP contribution in [0.5, 0.6) is 0 Å². The SMILES string of the molecule is NCCc1ccc(-n2ccc(C(N)=O)n2)c(Cl)c1. The van der Waals surface area contributed by atoms with Gasteiger partial charge in [-0.15, -0.1) is 0 Å². The molecule has 0 saturated carbocycles. The number of rotatable bonds is 4. The maximum absolute atomic E-state index is 11.0. The third-order valence-corrected chi connectivity index (χ3v) is 2.84. The van der Waals surface area contributed by atoms with Gasteiger partial charge in [0.1, 0.15) is 5.69 Å². The number of primary amides is 1. The van der Waals surface area contributed by atoms with Gasteiger partial charge in [0.25, 0.3) is 5.91 Å². The highest BCUT2D eigenvalue weighted by molar-refractivity contribution is 6.32.